The maximum absolute atomic E-state index is 13.4. The first kappa shape index (κ1) is 39.9. The highest BCUT2D eigenvalue weighted by Gasteiger charge is 2.64. The second-order valence-corrected chi connectivity index (χ2v) is 17.1. The van der Waals surface area contributed by atoms with Gasteiger partial charge in [-0.15, -0.1) is 0 Å². The minimum Gasteiger partial charge on any atom is -0.489 e. The fraction of sp³-hybridized carbons (Fsp3) is 0.512. The van der Waals surface area contributed by atoms with Crippen molar-refractivity contribution in [3.8, 4) is 11.8 Å². The molecule has 3 aromatic rings. The number of rotatable bonds is 10. The number of benzene rings is 1. The van der Waals surface area contributed by atoms with Crippen molar-refractivity contribution in [1.29, 1.82) is 5.26 Å². The Labute approximate surface area is 337 Å². The van der Waals surface area contributed by atoms with Crippen LogP contribution in [0.25, 0.3) is 0 Å². The van der Waals surface area contributed by atoms with Crippen molar-refractivity contribution < 1.29 is 23.9 Å². The molecular formula is C41H49ClN10O5. The van der Waals surface area contributed by atoms with Gasteiger partial charge in [0.1, 0.15) is 41.2 Å². The van der Waals surface area contributed by atoms with Crippen LogP contribution in [0.5, 0.6) is 5.75 Å². The molecule has 1 aromatic carbocycles. The smallest absolute Gasteiger partial charge is 0.271 e. The Morgan fingerprint density at radius 2 is 1.58 bits per heavy atom. The van der Waals surface area contributed by atoms with E-state index < -0.39 is 28.7 Å². The summed E-state index contributed by atoms with van der Waals surface area (Å²) in [6.45, 7) is 14.6. The number of halogens is 1. The van der Waals surface area contributed by atoms with E-state index in [2.05, 4.69) is 79.4 Å². The Kier molecular flexibility index (Phi) is 11.4. The van der Waals surface area contributed by atoms with Gasteiger partial charge in [-0.05, 0) is 49.4 Å². The zero-order valence-electron chi connectivity index (χ0n) is 32.8. The van der Waals surface area contributed by atoms with Gasteiger partial charge in [-0.2, -0.15) is 5.26 Å². The Bertz CT molecular complexity index is 2020. The molecule has 2 aromatic heterocycles. The van der Waals surface area contributed by atoms with Crippen LogP contribution in [0.1, 0.15) is 79.9 Å². The van der Waals surface area contributed by atoms with Crippen molar-refractivity contribution in [3.05, 3.63) is 70.9 Å². The highest BCUT2D eigenvalue weighted by atomic mass is 35.5. The van der Waals surface area contributed by atoms with Gasteiger partial charge in [0, 0.05) is 75.2 Å². The number of anilines is 2. The molecule has 5 heterocycles. The lowest BCUT2D eigenvalue weighted by Crippen LogP contribution is -2.74. The molecule has 4 aliphatic rings. The summed E-state index contributed by atoms with van der Waals surface area (Å²) in [5.41, 5.74) is 1.06. The number of hydrogen-bond acceptors (Lipinski definition) is 12. The number of piperidine rings is 2. The first-order valence-corrected chi connectivity index (χ1v) is 19.9. The summed E-state index contributed by atoms with van der Waals surface area (Å²) in [5.74, 6) is 0.394. The Morgan fingerprint density at radius 1 is 0.877 bits per heavy atom. The molecule has 3 aliphatic heterocycles. The number of carbonyl (C=O) groups excluding carboxylic acids is 4. The number of hydrogen-bond donors (Lipinski definition) is 3. The number of carbonyl (C=O) groups is 4. The third-order valence-corrected chi connectivity index (χ3v) is 12.3. The molecule has 1 atom stereocenters. The van der Waals surface area contributed by atoms with E-state index in [0.717, 1.165) is 70.2 Å². The molecular weight excluding hydrogens is 748 g/mol. The first-order chi connectivity index (χ1) is 27.2. The molecule has 0 spiro atoms. The average molecular weight is 797 g/mol. The van der Waals surface area contributed by atoms with Gasteiger partial charge in [0.15, 0.2) is 0 Å². The number of nitrogens with one attached hydrogen (secondary N) is 3. The topological polar surface area (TPSA) is 186 Å². The lowest BCUT2D eigenvalue weighted by atomic mass is 9.49. The van der Waals surface area contributed by atoms with E-state index in [1.165, 1.54) is 0 Å². The molecule has 0 bridgehead atoms. The fourth-order valence-corrected chi connectivity index (χ4v) is 9.28. The minimum absolute atomic E-state index is 0.182. The molecule has 4 fully saturated rings. The van der Waals surface area contributed by atoms with Crippen molar-refractivity contribution >= 4 is 46.7 Å². The molecule has 3 saturated heterocycles. The molecule has 4 amide bonds. The average Bonchev–Trinajstić information content (AvgIpc) is 3.20. The number of piperazine rings is 1. The molecule has 1 unspecified atom stereocenters. The van der Waals surface area contributed by atoms with E-state index in [1.54, 1.807) is 42.9 Å². The number of nitriles is 1. The van der Waals surface area contributed by atoms with Crippen LogP contribution in [0.2, 0.25) is 5.02 Å². The summed E-state index contributed by atoms with van der Waals surface area (Å²) in [5, 5.41) is 17.6. The number of aromatic nitrogens is 3. The number of imide groups is 1. The van der Waals surface area contributed by atoms with Crippen molar-refractivity contribution in [3.63, 3.8) is 0 Å². The summed E-state index contributed by atoms with van der Waals surface area (Å²) in [6.07, 6.45) is 7.30. The number of ether oxygens (including phenoxy) is 1. The van der Waals surface area contributed by atoms with Crippen LogP contribution in [0.15, 0.2) is 48.9 Å². The molecule has 300 valence electrons. The van der Waals surface area contributed by atoms with Crippen LogP contribution in [0, 0.1) is 28.1 Å². The van der Waals surface area contributed by atoms with Crippen LogP contribution < -0.4 is 30.5 Å². The van der Waals surface area contributed by atoms with E-state index in [9.17, 15) is 24.4 Å². The van der Waals surface area contributed by atoms with Gasteiger partial charge in [-0.1, -0.05) is 39.3 Å². The predicted molar refractivity (Wildman–Crippen MR) is 213 cm³/mol. The van der Waals surface area contributed by atoms with E-state index in [0.29, 0.717) is 22.3 Å². The standard InChI is InChI=1S/C41H49ClN10O5/c1-40(2)38(41(3,4)39(40)57-28-7-5-26(20-43)29(42)19-28)49-37(56)32-22-46-33(23-45-32)52-13-11-25(12-14-52)24-50-15-17-51(18-16-50)27-6-8-30(44-21-27)35(54)47-31-9-10-34(53)48-36(31)55/h5-8,19,21-23,25,31,38-39H,9-18,24H2,1-4H3,(H,47,54)(H,49,56)(H,48,53,55)/t31?,38-,39-. The third-order valence-electron chi connectivity index (χ3n) is 12.0. The largest absolute Gasteiger partial charge is 0.489 e. The van der Waals surface area contributed by atoms with Crippen molar-refractivity contribution in [2.75, 3.05) is 55.6 Å². The Morgan fingerprint density at radius 3 is 2.19 bits per heavy atom. The molecule has 16 heteroatoms. The lowest BCUT2D eigenvalue weighted by Gasteiger charge is -2.63. The molecule has 57 heavy (non-hydrogen) atoms. The Hall–Kier alpha value is -5.33. The van der Waals surface area contributed by atoms with Crippen molar-refractivity contribution in [1.82, 2.24) is 35.8 Å². The van der Waals surface area contributed by atoms with E-state index in [-0.39, 0.29) is 48.2 Å². The quantitative estimate of drug-likeness (QED) is 0.254. The third kappa shape index (κ3) is 8.52. The molecule has 0 radical (unpaired) electrons. The van der Waals surface area contributed by atoms with Gasteiger partial charge in [0.2, 0.25) is 11.8 Å². The molecule has 3 N–H and O–H groups in total. The summed E-state index contributed by atoms with van der Waals surface area (Å²) in [7, 11) is 0. The zero-order chi connectivity index (χ0) is 40.5. The number of amides is 4. The van der Waals surface area contributed by atoms with Crippen molar-refractivity contribution in [2.24, 2.45) is 16.7 Å². The highest BCUT2D eigenvalue weighted by molar-refractivity contribution is 6.31. The number of pyridine rings is 1. The first-order valence-electron chi connectivity index (χ1n) is 19.5. The summed E-state index contributed by atoms with van der Waals surface area (Å²) >= 11 is 6.24. The summed E-state index contributed by atoms with van der Waals surface area (Å²) in [6, 6.07) is 9.75. The van der Waals surface area contributed by atoms with Crippen LogP contribution in [-0.4, -0.2) is 107 Å². The summed E-state index contributed by atoms with van der Waals surface area (Å²) < 4.78 is 6.35. The van der Waals surface area contributed by atoms with Crippen LogP contribution in [0.3, 0.4) is 0 Å². The molecule has 7 rings (SSSR count). The summed E-state index contributed by atoms with van der Waals surface area (Å²) in [4.78, 5) is 69.9. The van der Waals surface area contributed by atoms with Crippen LogP contribution in [-0.2, 0) is 9.59 Å². The van der Waals surface area contributed by atoms with Crippen LogP contribution in [0.4, 0.5) is 11.5 Å². The number of nitrogens with zero attached hydrogens (tertiary/aromatic N) is 7. The highest BCUT2D eigenvalue weighted by Crippen LogP contribution is 2.55. The fourth-order valence-electron chi connectivity index (χ4n) is 9.07. The predicted octanol–water partition coefficient (Wildman–Crippen LogP) is 3.58. The Balaban J connectivity index is 0.832. The monoisotopic (exact) mass is 796 g/mol. The van der Waals surface area contributed by atoms with Crippen LogP contribution >= 0.6 is 11.6 Å². The normalized spacial score (nSPS) is 23.5. The van der Waals surface area contributed by atoms with Gasteiger partial charge in [0.25, 0.3) is 11.8 Å². The van der Waals surface area contributed by atoms with E-state index in [4.69, 9.17) is 16.3 Å². The molecule has 1 aliphatic carbocycles. The maximum Gasteiger partial charge on any atom is 0.271 e. The van der Waals surface area contributed by atoms with Crippen molar-refractivity contribution in [2.45, 2.75) is 71.6 Å². The molecule has 1 saturated carbocycles. The van der Waals surface area contributed by atoms with E-state index >= 15 is 0 Å². The van der Waals surface area contributed by atoms with Gasteiger partial charge in [-0.3, -0.25) is 29.4 Å². The maximum atomic E-state index is 13.4. The van der Waals surface area contributed by atoms with Gasteiger partial charge in [0.05, 0.1) is 34.9 Å². The van der Waals surface area contributed by atoms with E-state index in [1.807, 2.05) is 6.07 Å². The zero-order valence-corrected chi connectivity index (χ0v) is 33.5. The van der Waals surface area contributed by atoms with Gasteiger partial charge in [-0.25, -0.2) is 15.0 Å². The minimum atomic E-state index is -0.738. The van der Waals surface area contributed by atoms with Gasteiger partial charge < -0.3 is 25.2 Å². The second-order valence-electron chi connectivity index (χ2n) is 16.7. The molecule has 15 nitrogen and oxygen atoms in total. The second kappa shape index (κ2) is 16.3. The SMILES string of the molecule is CC1(C)[C@H](NC(=O)c2cnc(N3CCC(CN4CCN(c5ccc(C(=O)NC6CCC(=O)NC6=O)nc5)CC4)CC3)cn2)C(C)(C)[C@H]1Oc1ccc(C#N)c(Cl)c1. The van der Waals surface area contributed by atoms with Gasteiger partial charge >= 0.3 is 0 Å². The lowest BCUT2D eigenvalue weighted by molar-refractivity contribution is -0.164.